The van der Waals surface area contributed by atoms with Crippen molar-refractivity contribution in [3.8, 4) is 17.1 Å². The Bertz CT molecular complexity index is 1800. The maximum absolute atomic E-state index is 15.4. The van der Waals surface area contributed by atoms with Crippen LogP contribution in [0.2, 0.25) is 0 Å². The second-order valence-electron chi connectivity index (χ2n) is 9.99. The van der Waals surface area contributed by atoms with E-state index in [4.69, 9.17) is 14.5 Å². The van der Waals surface area contributed by atoms with Crippen molar-refractivity contribution in [2.24, 2.45) is 0 Å². The highest BCUT2D eigenvalue weighted by molar-refractivity contribution is 5.92. The molecular formula is C31H25FN4O6. The average Bonchev–Trinajstić information content (AvgIpc) is 3.30. The van der Waals surface area contributed by atoms with Gasteiger partial charge >= 0.3 is 5.97 Å². The van der Waals surface area contributed by atoms with Gasteiger partial charge in [0.2, 0.25) is 5.88 Å². The number of nitro groups is 1. The molecule has 42 heavy (non-hydrogen) atoms. The second kappa shape index (κ2) is 11.4. The van der Waals surface area contributed by atoms with Gasteiger partial charge in [-0.15, -0.1) is 0 Å². The molecule has 3 heterocycles. The summed E-state index contributed by atoms with van der Waals surface area (Å²) in [5, 5.41) is 20.3. The number of imidazole rings is 1. The molecule has 10 nitrogen and oxygen atoms in total. The summed E-state index contributed by atoms with van der Waals surface area (Å²) in [7, 11) is 0. The molecule has 212 valence electrons. The van der Waals surface area contributed by atoms with Gasteiger partial charge in [-0.25, -0.2) is 19.2 Å². The number of non-ortho nitro benzene ring substituents is 1. The Morgan fingerprint density at radius 3 is 2.55 bits per heavy atom. The number of aromatic nitrogens is 3. The molecule has 0 spiro atoms. The first-order chi connectivity index (χ1) is 20.3. The van der Waals surface area contributed by atoms with Crippen molar-refractivity contribution < 1.29 is 28.7 Å². The van der Waals surface area contributed by atoms with Gasteiger partial charge in [0.15, 0.2) is 0 Å². The monoisotopic (exact) mass is 568 g/mol. The zero-order valence-corrected chi connectivity index (χ0v) is 22.3. The number of hydrogen-bond donors (Lipinski definition) is 1. The first kappa shape index (κ1) is 27.0. The van der Waals surface area contributed by atoms with Gasteiger partial charge in [0, 0.05) is 36.8 Å². The van der Waals surface area contributed by atoms with Crippen LogP contribution >= 0.6 is 0 Å². The van der Waals surface area contributed by atoms with E-state index in [9.17, 15) is 20.0 Å². The SMILES string of the molecule is O=C(O)c1ccc2nc(Cc3ccc(-c4cccc(OCc5ccc([N+](=O)[O-])cc5)n4)c(F)c3)n(C[C@@H]3CCO3)c2c1. The molecular weight excluding hydrogens is 543 g/mol. The van der Waals surface area contributed by atoms with Crippen molar-refractivity contribution >= 4 is 22.7 Å². The van der Waals surface area contributed by atoms with Crippen LogP contribution in [0.1, 0.15) is 33.7 Å². The van der Waals surface area contributed by atoms with Crippen LogP contribution in [0.4, 0.5) is 10.1 Å². The molecule has 1 fully saturated rings. The van der Waals surface area contributed by atoms with Crippen LogP contribution in [0, 0.1) is 15.9 Å². The van der Waals surface area contributed by atoms with Gasteiger partial charge < -0.3 is 19.1 Å². The Labute approximate surface area is 239 Å². The molecule has 0 amide bonds. The number of aromatic carboxylic acids is 1. The molecule has 1 aliphatic heterocycles. The normalized spacial score (nSPS) is 14.5. The van der Waals surface area contributed by atoms with E-state index in [0.717, 1.165) is 12.0 Å². The summed E-state index contributed by atoms with van der Waals surface area (Å²) in [5.74, 6) is -0.485. The molecule has 2 aromatic heterocycles. The maximum atomic E-state index is 15.4. The fraction of sp³-hybridized carbons (Fsp3) is 0.194. The summed E-state index contributed by atoms with van der Waals surface area (Å²) in [4.78, 5) is 31.1. The number of halogens is 1. The predicted octanol–water partition coefficient (Wildman–Crippen LogP) is 5.80. The van der Waals surface area contributed by atoms with Crippen LogP contribution < -0.4 is 4.74 Å². The number of hydrogen-bond acceptors (Lipinski definition) is 7. The number of nitro benzene ring substituents is 1. The van der Waals surface area contributed by atoms with Crippen LogP contribution in [-0.2, 0) is 24.3 Å². The second-order valence-corrected chi connectivity index (χ2v) is 9.99. The third kappa shape index (κ3) is 5.68. The van der Waals surface area contributed by atoms with E-state index in [2.05, 4.69) is 4.98 Å². The van der Waals surface area contributed by atoms with E-state index in [-0.39, 0.29) is 24.0 Å². The van der Waals surface area contributed by atoms with Gasteiger partial charge in [0.1, 0.15) is 18.2 Å². The Hall–Kier alpha value is -5.16. The van der Waals surface area contributed by atoms with Gasteiger partial charge in [-0.1, -0.05) is 12.1 Å². The Balaban J connectivity index is 1.21. The third-order valence-electron chi connectivity index (χ3n) is 7.18. The number of fused-ring (bicyclic) bond motifs is 1. The zero-order chi connectivity index (χ0) is 29.2. The van der Waals surface area contributed by atoms with Gasteiger partial charge in [0.05, 0.1) is 39.9 Å². The summed E-state index contributed by atoms with van der Waals surface area (Å²) in [6, 6.07) is 20.9. The summed E-state index contributed by atoms with van der Waals surface area (Å²) in [6.07, 6.45) is 1.27. The van der Waals surface area contributed by atoms with Gasteiger partial charge in [-0.05, 0) is 66.1 Å². The van der Waals surface area contributed by atoms with Crippen LogP contribution in [0.25, 0.3) is 22.3 Å². The number of benzene rings is 3. The molecule has 0 bridgehead atoms. The Morgan fingerprint density at radius 2 is 1.86 bits per heavy atom. The zero-order valence-electron chi connectivity index (χ0n) is 22.3. The van der Waals surface area contributed by atoms with Crippen molar-refractivity contribution in [3.05, 3.63) is 117 Å². The molecule has 0 unspecified atom stereocenters. The molecule has 1 atom stereocenters. The topological polar surface area (TPSA) is 130 Å². The smallest absolute Gasteiger partial charge is 0.335 e. The molecule has 6 rings (SSSR count). The highest BCUT2D eigenvalue weighted by atomic mass is 19.1. The van der Waals surface area contributed by atoms with Gasteiger partial charge in [-0.2, -0.15) is 0 Å². The molecule has 1 aliphatic rings. The first-order valence-electron chi connectivity index (χ1n) is 13.3. The summed E-state index contributed by atoms with van der Waals surface area (Å²) < 4.78 is 28.7. The molecule has 0 aliphatic carbocycles. The lowest BCUT2D eigenvalue weighted by Gasteiger charge is -2.27. The maximum Gasteiger partial charge on any atom is 0.335 e. The lowest BCUT2D eigenvalue weighted by Crippen LogP contribution is -2.31. The van der Waals surface area contributed by atoms with Crippen molar-refractivity contribution in [1.29, 1.82) is 0 Å². The molecule has 1 N–H and O–H groups in total. The van der Waals surface area contributed by atoms with E-state index in [1.54, 1.807) is 48.5 Å². The Kier molecular flexibility index (Phi) is 7.32. The standard InChI is InChI=1S/C31H25FN4O6/c32-25-14-20(15-29-33-27-11-7-21(31(37)38)16-28(27)35(29)17-23-12-13-41-23)6-10-24(25)26-2-1-3-30(34-26)42-18-19-4-8-22(9-5-19)36(39)40/h1-11,14,16,23H,12-13,15,17-18H2,(H,37,38)/t23-/m0/s1. The van der Waals surface area contributed by atoms with Gasteiger partial charge in [-0.3, -0.25) is 10.1 Å². The van der Waals surface area contributed by atoms with Crippen molar-refractivity contribution in [1.82, 2.24) is 14.5 Å². The number of carboxylic acids is 1. The quantitative estimate of drug-likeness (QED) is 0.165. The largest absolute Gasteiger partial charge is 0.478 e. The number of nitrogens with zero attached hydrogens (tertiary/aromatic N) is 4. The van der Waals surface area contributed by atoms with Crippen molar-refractivity contribution in [2.45, 2.75) is 32.1 Å². The minimum absolute atomic E-state index is 0.00486. The fourth-order valence-electron chi connectivity index (χ4n) is 4.85. The number of rotatable bonds is 10. The van der Waals surface area contributed by atoms with Crippen LogP contribution in [0.15, 0.2) is 78.9 Å². The van der Waals surface area contributed by atoms with Crippen LogP contribution in [-0.4, -0.2) is 43.2 Å². The number of carboxylic acid groups (broad SMARTS) is 1. The average molecular weight is 569 g/mol. The van der Waals surface area contributed by atoms with E-state index >= 15 is 4.39 Å². The predicted molar refractivity (Wildman–Crippen MR) is 151 cm³/mol. The highest BCUT2D eigenvalue weighted by Gasteiger charge is 2.23. The minimum atomic E-state index is -1.02. The fourth-order valence-corrected chi connectivity index (χ4v) is 4.85. The lowest BCUT2D eigenvalue weighted by atomic mass is 10.1. The summed E-state index contributed by atoms with van der Waals surface area (Å²) in [5.41, 5.74) is 3.68. The number of ether oxygens (including phenoxy) is 2. The number of carbonyl (C=O) groups is 1. The molecule has 1 saturated heterocycles. The first-order valence-corrected chi connectivity index (χ1v) is 13.3. The molecule has 11 heteroatoms. The van der Waals surface area contributed by atoms with Crippen LogP contribution in [0.3, 0.4) is 0 Å². The summed E-state index contributed by atoms with van der Waals surface area (Å²) in [6.45, 7) is 1.37. The molecule has 5 aromatic rings. The Morgan fingerprint density at radius 1 is 1.07 bits per heavy atom. The van der Waals surface area contributed by atoms with E-state index < -0.39 is 16.7 Å². The van der Waals surface area contributed by atoms with Gasteiger partial charge in [0.25, 0.3) is 5.69 Å². The lowest BCUT2D eigenvalue weighted by molar-refractivity contribution is -0.384. The molecule has 0 saturated carbocycles. The molecule has 3 aromatic carbocycles. The van der Waals surface area contributed by atoms with E-state index in [0.29, 0.717) is 59.1 Å². The number of pyridine rings is 1. The van der Waals surface area contributed by atoms with Crippen LogP contribution in [0.5, 0.6) is 5.88 Å². The minimum Gasteiger partial charge on any atom is -0.478 e. The van der Waals surface area contributed by atoms with E-state index in [1.165, 1.54) is 24.3 Å². The van der Waals surface area contributed by atoms with Crippen molar-refractivity contribution in [2.75, 3.05) is 6.61 Å². The summed E-state index contributed by atoms with van der Waals surface area (Å²) >= 11 is 0. The molecule has 0 radical (unpaired) electrons. The highest BCUT2D eigenvalue weighted by Crippen LogP contribution is 2.27. The van der Waals surface area contributed by atoms with E-state index in [1.807, 2.05) is 10.6 Å². The van der Waals surface area contributed by atoms with Crippen molar-refractivity contribution in [3.63, 3.8) is 0 Å². The third-order valence-corrected chi connectivity index (χ3v) is 7.18.